The van der Waals surface area contributed by atoms with Crippen molar-refractivity contribution in [2.24, 2.45) is 0 Å². The van der Waals surface area contributed by atoms with Crippen molar-refractivity contribution in [3.63, 3.8) is 0 Å². The molecule has 1 aromatic rings. The molecule has 0 saturated heterocycles. The lowest BCUT2D eigenvalue weighted by molar-refractivity contribution is -0.174. The Labute approximate surface area is 120 Å². The second-order valence-electron chi connectivity index (χ2n) is 4.55. The first-order valence-corrected chi connectivity index (χ1v) is 6.49. The van der Waals surface area contributed by atoms with Crippen LogP contribution in [0, 0.1) is 0 Å². The molecule has 0 unspecified atom stereocenters. The van der Waals surface area contributed by atoms with E-state index in [1.807, 2.05) is 30.3 Å². The lowest BCUT2D eigenvalue weighted by Gasteiger charge is -2.16. The minimum atomic E-state index is -4.39. The Morgan fingerprint density at radius 2 is 1.95 bits per heavy atom. The van der Waals surface area contributed by atoms with E-state index in [-0.39, 0.29) is 19.6 Å². The van der Waals surface area contributed by atoms with Gasteiger partial charge in [0.1, 0.15) is 6.61 Å². The summed E-state index contributed by atoms with van der Waals surface area (Å²) in [6.07, 6.45) is -4.12. The number of benzene rings is 1. The number of hydrogen-bond acceptors (Lipinski definition) is 3. The quantitative estimate of drug-likeness (QED) is 0.718. The van der Waals surface area contributed by atoms with Gasteiger partial charge >= 0.3 is 6.18 Å². The number of hydrogen-bond donors (Lipinski definition) is 2. The van der Waals surface area contributed by atoms with E-state index in [9.17, 15) is 23.1 Å². The van der Waals surface area contributed by atoms with Gasteiger partial charge in [0, 0.05) is 6.42 Å². The molecule has 0 aliphatic heterocycles. The molecular weight excluding hydrogens is 287 g/mol. The number of halogens is 3. The van der Waals surface area contributed by atoms with Gasteiger partial charge in [-0.25, -0.2) is 0 Å². The van der Waals surface area contributed by atoms with Crippen LogP contribution >= 0.6 is 0 Å². The maximum Gasteiger partial charge on any atom is 0.411 e. The number of ether oxygens (including phenoxy) is 1. The van der Waals surface area contributed by atoms with E-state index < -0.39 is 24.7 Å². The number of amides is 1. The van der Waals surface area contributed by atoms with Gasteiger partial charge in [0.15, 0.2) is 0 Å². The van der Waals surface area contributed by atoms with Crippen LogP contribution in [-0.2, 0) is 16.0 Å². The molecule has 4 nitrogen and oxygen atoms in total. The second kappa shape index (κ2) is 8.63. The highest BCUT2D eigenvalue weighted by atomic mass is 19.4. The lowest BCUT2D eigenvalue weighted by atomic mass is 10.1. The molecule has 0 aromatic heterocycles. The number of alkyl halides is 3. The maximum absolute atomic E-state index is 11.8. The topological polar surface area (TPSA) is 58.6 Å². The molecule has 0 spiro atoms. The fraction of sp³-hybridized carbons (Fsp3) is 0.500. The molecule has 0 aliphatic carbocycles. The number of rotatable bonds is 8. The minimum absolute atomic E-state index is 0.179. The summed E-state index contributed by atoms with van der Waals surface area (Å²) in [5.41, 5.74) is 0.949. The zero-order chi connectivity index (χ0) is 15.7. The van der Waals surface area contributed by atoms with E-state index in [1.54, 1.807) is 0 Å². The van der Waals surface area contributed by atoms with E-state index in [0.717, 1.165) is 5.56 Å². The molecule has 1 rings (SSSR count). The van der Waals surface area contributed by atoms with Crippen LogP contribution in [0.2, 0.25) is 0 Å². The fourth-order valence-electron chi connectivity index (χ4n) is 1.71. The number of carbonyl (C=O) groups is 1. The Morgan fingerprint density at radius 3 is 2.52 bits per heavy atom. The molecule has 0 fully saturated rings. The van der Waals surface area contributed by atoms with Gasteiger partial charge in [-0.1, -0.05) is 30.3 Å². The lowest BCUT2D eigenvalue weighted by Crippen LogP contribution is -2.39. The van der Waals surface area contributed by atoms with Crippen LogP contribution in [0.4, 0.5) is 13.2 Å². The number of nitrogens with one attached hydrogen (secondary N) is 1. The highest BCUT2D eigenvalue weighted by Crippen LogP contribution is 2.14. The SMILES string of the molecule is O=C(CCOCC(F)(F)F)N[C@H](CO)Cc1ccccc1. The van der Waals surface area contributed by atoms with Gasteiger partial charge in [0.05, 0.1) is 19.3 Å². The summed E-state index contributed by atoms with van der Waals surface area (Å²) in [6.45, 7) is -1.92. The monoisotopic (exact) mass is 305 g/mol. The van der Waals surface area contributed by atoms with Crippen LogP contribution in [0.3, 0.4) is 0 Å². The third-order valence-electron chi connectivity index (χ3n) is 2.65. The smallest absolute Gasteiger partial charge is 0.394 e. The summed E-state index contributed by atoms with van der Waals surface area (Å²) in [7, 11) is 0. The summed E-state index contributed by atoms with van der Waals surface area (Å²) >= 11 is 0. The van der Waals surface area contributed by atoms with Gasteiger partial charge in [-0.05, 0) is 12.0 Å². The summed E-state index contributed by atoms with van der Waals surface area (Å²) < 4.78 is 39.8. The predicted octanol–water partition coefficient (Wildman–Crippen LogP) is 1.68. The van der Waals surface area contributed by atoms with Crippen LogP contribution in [0.5, 0.6) is 0 Å². The van der Waals surface area contributed by atoms with Crippen molar-refractivity contribution < 1.29 is 27.8 Å². The zero-order valence-corrected chi connectivity index (χ0v) is 11.4. The molecular formula is C14H18F3NO3. The zero-order valence-electron chi connectivity index (χ0n) is 11.4. The van der Waals surface area contributed by atoms with Crippen molar-refractivity contribution in [2.45, 2.75) is 25.1 Å². The van der Waals surface area contributed by atoms with E-state index in [4.69, 9.17) is 0 Å². The predicted molar refractivity (Wildman–Crippen MR) is 70.7 cm³/mol. The highest BCUT2D eigenvalue weighted by Gasteiger charge is 2.27. The third kappa shape index (κ3) is 8.31. The van der Waals surface area contributed by atoms with Gasteiger partial charge < -0.3 is 15.2 Å². The fourth-order valence-corrected chi connectivity index (χ4v) is 1.71. The molecule has 118 valence electrons. The molecule has 2 N–H and O–H groups in total. The molecule has 0 radical (unpaired) electrons. The first kappa shape index (κ1) is 17.5. The normalized spacial score (nSPS) is 13.0. The van der Waals surface area contributed by atoms with E-state index in [1.165, 1.54) is 0 Å². The van der Waals surface area contributed by atoms with E-state index in [2.05, 4.69) is 10.1 Å². The van der Waals surface area contributed by atoms with Crippen LogP contribution in [0.25, 0.3) is 0 Å². The van der Waals surface area contributed by atoms with Gasteiger partial charge in [-0.3, -0.25) is 4.79 Å². The third-order valence-corrected chi connectivity index (χ3v) is 2.65. The largest absolute Gasteiger partial charge is 0.411 e. The van der Waals surface area contributed by atoms with Crippen molar-refractivity contribution in [1.29, 1.82) is 0 Å². The summed E-state index contributed by atoms with van der Waals surface area (Å²) in [6, 6.07) is 8.80. The first-order chi connectivity index (χ1) is 9.90. The Balaban J connectivity index is 2.28. The Hall–Kier alpha value is -1.60. The minimum Gasteiger partial charge on any atom is -0.394 e. The Morgan fingerprint density at radius 1 is 1.29 bits per heavy atom. The molecule has 21 heavy (non-hydrogen) atoms. The molecule has 0 bridgehead atoms. The van der Waals surface area contributed by atoms with Gasteiger partial charge in [0.2, 0.25) is 5.91 Å². The standard InChI is InChI=1S/C14H18F3NO3/c15-14(16,17)10-21-7-6-13(20)18-12(9-19)8-11-4-2-1-3-5-11/h1-5,12,19H,6-10H2,(H,18,20)/t12-/m0/s1. The van der Waals surface area contributed by atoms with Crippen LogP contribution in [-0.4, -0.2) is 43.1 Å². The van der Waals surface area contributed by atoms with Crippen molar-refractivity contribution in [1.82, 2.24) is 5.32 Å². The molecule has 1 amide bonds. The van der Waals surface area contributed by atoms with Crippen molar-refractivity contribution in [3.8, 4) is 0 Å². The maximum atomic E-state index is 11.8. The molecule has 1 atom stereocenters. The Kier molecular flexibility index (Phi) is 7.18. The summed E-state index contributed by atoms with van der Waals surface area (Å²) in [5, 5.41) is 11.8. The number of carbonyl (C=O) groups excluding carboxylic acids is 1. The molecule has 1 aromatic carbocycles. The van der Waals surface area contributed by atoms with Crippen LogP contribution in [0.1, 0.15) is 12.0 Å². The number of aliphatic hydroxyl groups is 1. The summed E-state index contributed by atoms with van der Waals surface area (Å²) in [4.78, 5) is 11.5. The van der Waals surface area contributed by atoms with Gasteiger partial charge in [-0.2, -0.15) is 13.2 Å². The first-order valence-electron chi connectivity index (χ1n) is 6.49. The van der Waals surface area contributed by atoms with Crippen molar-refractivity contribution in [3.05, 3.63) is 35.9 Å². The molecule has 0 saturated carbocycles. The number of aliphatic hydroxyl groups excluding tert-OH is 1. The van der Waals surface area contributed by atoms with Crippen LogP contribution in [0.15, 0.2) is 30.3 Å². The Bertz CT molecular complexity index is 423. The van der Waals surface area contributed by atoms with Gasteiger partial charge in [0.25, 0.3) is 0 Å². The van der Waals surface area contributed by atoms with Crippen molar-refractivity contribution >= 4 is 5.91 Å². The summed E-state index contributed by atoms with van der Waals surface area (Å²) in [5.74, 6) is -0.452. The average molecular weight is 305 g/mol. The van der Waals surface area contributed by atoms with Gasteiger partial charge in [-0.15, -0.1) is 0 Å². The average Bonchev–Trinajstić information content (AvgIpc) is 2.43. The van der Waals surface area contributed by atoms with E-state index in [0.29, 0.717) is 6.42 Å². The molecule has 0 aliphatic rings. The molecule has 7 heteroatoms. The highest BCUT2D eigenvalue weighted by molar-refractivity contribution is 5.76. The van der Waals surface area contributed by atoms with E-state index >= 15 is 0 Å². The molecule has 0 heterocycles. The van der Waals surface area contributed by atoms with Crippen molar-refractivity contribution in [2.75, 3.05) is 19.8 Å². The second-order valence-corrected chi connectivity index (χ2v) is 4.55. The van der Waals surface area contributed by atoms with Crippen LogP contribution < -0.4 is 5.32 Å².